The van der Waals surface area contributed by atoms with Crippen LogP contribution in [0.15, 0.2) is 29.8 Å². The summed E-state index contributed by atoms with van der Waals surface area (Å²) in [7, 11) is 0. The van der Waals surface area contributed by atoms with Crippen molar-refractivity contribution in [2.45, 2.75) is 38.5 Å². The largest absolute Gasteiger partial charge is 0.454 e. The highest BCUT2D eigenvalue weighted by atomic mass is 16.7. The Morgan fingerprint density at radius 1 is 1.19 bits per heavy atom. The highest BCUT2D eigenvalue weighted by Gasteiger charge is 2.14. The van der Waals surface area contributed by atoms with Crippen LogP contribution in [0.1, 0.15) is 37.7 Å². The zero-order chi connectivity index (χ0) is 14.5. The van der Waals surface area contributed by atoms with Crippen molar-refractivity contribution in [1.82, 2.24) is 5.32 Å². The van der Waals surface area contributed by atoms with E-state index < -0.39 is 0 Å². The fraction of sp³-hybridized carbons (Fsp3) is 0.471. The molecule has 1 aliphatic heterocycles. The van der Waals surface area contributed by atoms with E-state index >= 15 is 0 Å². The van der Waals surface area contributed by atoms with Crippen molar-refractivity contribution in [2.75, 3.05) is 13.3 Å². The lowest BCUT2D eigenvalue weighted by Crippen LogP contribution is -2.26. The van der Waals surface area contributed by atoms with Gasteiger partial charge in [-0.15, -0.1) is 0 Å². The maximum atomic E-state index is 12.0. The van der Waals surface area contributed by atoms with Crippen LogP contribution in [0.2, 0.25) is 0 Å². The summed E-state index contributed by atoms with van der Waals surface area (Å²) in [6.45, 7) is 0.995. The third-order valence-corrected chi connectivity index (χ3v) is 3.95. The minimum absolute atomic E-state index is 0.0604. The molecule has 0 fully saturated rings. The maximum Gasteiger partial charge on any atom is 0.231 e. The Bertz CT molecular complexity index is 551. The van der Waals surface area contributed by atoms with Crippen molar-refractivity contribution >= 4 is 5.91 Å². The summed E-state index contributed by atoms with van der Waals surface area (Å²) >= 11 is 0. The Labute approximate surface area is 125 Å². The molecule has 1 heterocycles. The Kier molecular flexibility index (Phi) is 4.43. The van der Waals surface area contributed by atoms with Gasteiger partial charge >= 0.3 is 0 Å². The molecule has 0 saturated heterocycles. The van der Waals surface area contributed by atoms with E-state index in [2.05, 4.69) is 11.4 Å². The average Bonchev–Trinajstić information content (AvgIpc) is 2.96. The minimum atomic E-state index is 0.0604. The lowest BCUT2D eigenvalue weighted by molar-refractivity contribution is -0.120. The molecule has 0 unspecified atom stereocenters. The molecule has 21 heavy (non-hydrogen) atoms. The number of benzene rings is 1. The fourth-order valence-corrected chi connectivity index (χ4v) is 2.79. The van der Waals surface area contributed by atoms with Crippen LogP contribution in [0, 0.1) is 0 Å². The van der Waals surface area contributed by atoms with Crippen LogP contribution in [0.3, 0.4) is 0 Å². The van der Waals surface area contributed by atoms with Gasteiger partial charge in [-0.2, -0.15) is 0 Å². The number of nitrogens with one attached hydrogen (secondary N) is 1. The number of fused-ring (bicyclic) bond motifs is 1. The van der Waals surface area contributed by atoms with Gasteiger partial charge in [-0.1, -0.05) is 17.7 Å². The van der Waals surface area contributed by atoms with E-state index in [1.165, 1.54) is 31.3 Å². The molecular weight excluding hydrogens is 266 g/mol. The summed E-state index contributed by atoms with van der Waals surface area (Å²) in [6, 6.07) is 5.65. The summed E-state index contributed by atoms with van der Waals surface area (Å²) in [6.07, 6.45) is 8.67. The molecule has 1 aliphatic carbocycles. The Hall–Kier alpha value is -1.97. The molecule has 2 aliphatic rings. The first-order valence-corrected chi connectivity index (χ1v) is 7.64. The predicted octanol–water partition coefficient (Wildman–Crippen LogP) is 2.96. The predicted molar refractivity (Wildman–Crippen MR) is 80.4 cm³/mol. The number of hydrogen-bond donors (Lipinski definition) is 1. The first-order chi connectivity index (χ1) is 10.3. The number of rotatable bonds is 5. The van der Waals surface area contributed by atoms with Gasteiger partial charge in [0, 0.05) is 6.54 Å². The van der Waals surface area contributed by atoms with E-state index in [1.54, 1.807) is 0 Å². The van der Waals surface area contributed by atoms with Gasteiger partial charge in [-0.3, -0.25) is 4.79 Å². The van der Waals surface area contributed by atoms with E-state index in [9.17, 15) is 4.79 Å². The number of carbonyl (C=O) groups is 1. The molecule has 1 aromatic rings. The molecule has 0 bridgehead atoms. The molecule has 4 nitrogen and oxygen atoms in total. The first kappa shape index (κ1) is 14.0. The second-order valence-electron chi connectivity index (χ2n) is 5.57. The van der Waals surface area contributed by atoms with Gasteiger partial charge in [-0.05, 0) is 49.8 Å². The third kappa shape index (κ3) is 3.78. The Balaban J connectivity index is 1.44. The first-order valence-electron chi connectivity index (χ1n) is 7.64. The van der Waals surface area contributed by atoms with Crippen molar-refractivity contribution < 1.29 is 14.3 Å². The normalized spacial score (nSPS) is 16.5. The Morgan fingerprint density at radius 2 is 2.10 bits per heavy atom. The van der Waals surface area contributed by atoms with Crippen LogP contribution in [0.4, 0.5) is 0 Å². The standard InChI is InChI=1S/C17H21NO3/c19-17(18-9-8-13-4-2-1-3-5-13)11-14-6-7-15-16(10-14)21-12-20-15/h4,6-7,10H,1-3,5,8-9,11-12H2,(H,18,19). The smallest absolute Gasteiger partial charge is 0.231 e. The summed E-state index contributed by atoms with van der Waals surface area (Å²) < 4.78 is 10.6. The van der Waals surface area contributed by atoms with E-state index in [1.807, 2.05) is 18.2 Å². The van der Waals surface area contributed by atoms with Crippen LogP contribution in [-0.4, -0.2) is 19.2 Å². The second-order valence-corrected chi connectivity index (χ2v) is 5.57. The Morgan fingerprint density at radius 3 is 2.95 bits per heavy atom. The van der Waals surface area contributed by atoms with Crippen molar-refractivity contribution in [3.05, 3.63) is 35.4 Å². The summed E-state index contributed by atoms with van der Waals surface area (Å²) in [4.78, 5) is 12.0. The van der Waals surface area contributed by atoms with Gasteiger partial charge in [0.05, 0.1) is 6.42 Å². The van der Waals surface area contributed by atoms with Crippen LogP contribution >= 0.6 is 0 Å². The highest BCUT2D eigenvalue weighted by molar-refractivity contribution is 5.78. The molecule has 0 spiro atoms. The van der Waals surface area contributed by atoms with Gasteiger partial charge in [0.1, 0.15) is 0 Å². The number of amides is 1. The average molecular weight is 287 g/mol. The molecule has 0 saturated carbocycles. The molecule has 1 amide bonds. The van der Waals surface area contributed by atoms with Crippen LogP contribution in [-0.2, 0) is 11.2 Å². The lowest BCUT2D eigenvalue weighted by atomic mass is 9.97. The van der Waals surface area contributed by atoms with Crippen molar-refractivity contribution in [3.8, 4) is 11.5 Å². The van der Waals surface area contributed by atoms with Gasteiger partial charge in [0.25, 0.3) is 0 Å². The molecule has 1 aromatic carbocycles. The zero-order valence-electron chi connectivity index (χ0n) is 12.2. The molecule has 0 atom stereocenters. The van der Waals surface area contributed by atoms with Crippen LogP contribution < -0.4 is 14.8 Å². The summed E-state index contributed by atoms with van der Waals surface area (Å²) in [5.41, 5.74) is 2.44. The topological polar surface area (TPSA) is 47.6 Å². The number of allylic oxidation sites excluding steroid dienone is 1. The highest BCUT2D eigenvalue weighted by Crippen LogP contribution is 2.32. The van der Waals surface area contributed by atoms with Crippen molar-refractivity contribution in [1.29, 1.82) is 0 Å². The second kappa shape index (κ2) is 6.66. The molecule has 1 N–H and O–H groups in total. The van der Waals surface area contributed by atoms with Gasteiger partial charge in [0.15, 0.2) is 11.5 Å². The quantitative estimate of drug-likeness (QED) is 0.847. The molecular formula is C17H21NO3. The third-order valence-electron chi connectivity index (χ3n) is 3.95. The van der Waals surface area contributed by atoms with Crippen LogP contribution in [0.25, 0.3) is 0 Å². The van der Waals surface area contributed by atoms with Crippen molar-refractivity contribution in [3.63, 3.8) is 0 Å². The number of hydrogen-bond acceptors (Lipinski definition) is 3. The summed E-state index contributed by atoms with van der Waals surface area (Å²) in [5, 5.41) is 2.99. The van der Waals surface area contributed by atoms with Gasteiger partial charge in [-0.25, -0.2) is 0 Å². The van der Waals surface area contributed by atoms with Gasteiger partial charge in [0.2, 0.25) is 12.7 Å². The number of carbonyl (C=O) groups excluding carboxylic acids is 1. The summed E-state index contributed by atoms with van der Waals surface area (Å²) in [5.74, 6) is 1.54. The molecule has 4 heteroatoms. The maximum absolute atomic E-state index is 12.0. The van der Waals surface area contributed by atoms with Crippen LogP contribution in [0.5, 0.6) is 11.5 Å². The molecule has 0 aromatic heterocycles. The zero-order valence-corrected chi connectivity index (χ0v) is 12.2. The van der Waals surface area contributed by atoms with E-state index in [0.29, 0.717) is 6.42 Å². The molecule has 112 valence electrons. The number of ether oxygens (including phenoxy) is 2. The van der Waals surface area contributed by atoms with E-state index in [-0.39, 0.29) is 12.7 Å². The fourth-order valence-electron chi connectivity index (χ4n) is 2.79. The van der Waals surface area contributed by atoms with Gasteiger partial charge < -0.3 is 14.8 Å². The van der Waals surface area contributed by atoms with Crippen molar-refractivity contribution in [2.24, 2.45) is 0 Å². The lowest BCUT2D eigenvalue weighted by Gasteiger charge is -2.13. The SMILES string of the molecule is O=C(Cc1ccc2c(c1)OCO2)NCCC1=CCCCC1. The minimum Gasteiger partial charge on any atom is -0.454 e. The van der Waals surface area contributed by atoms with E-state index in [0.717, 1.165) is 30.0 Å². The monoisotopic (exact) mass is 287 g/mol. The molecule has 0 radical (unpaired) electrons. The van der Waals surface area contributed by atoms with E-state index in [4.69, 9.17) is 9.47 Å². The molecule has 3 rings (SSSR count).